The van der Waals surface area contributed by atoms with Crippen LogP contribution >= 0.6 is 0 Å². The van der Waals surface area contributed by atoms with Gasteiger partial charge in [-0.1, -0.05) is 6.08 Å². The molecule has 0 saturated heterocycles. The van der Waals surface area contributed by atoms with Gasteiger partial charge in [-0.2, -0.15) is 13.2 Å². The van der Waals surface area contributed by atoms with Gasteiger partial charge in [-0.15, -0.1) is 6.58 Å². The van der Waals surface area contributed by atoms with Crippen LogP contribution in [0.25, 0.3) is 0 Å². The highest BCUT2D eigenvalue weighted by Gasteiger charge is 2.29. The summed E-state index contributed by atoms with van der Waals surface area (Å²) in [5.41, 5.74) is 0. The molecule has 0 spiro atoms. The molecule has 7 heteroatoms. The molecular weight excluding hydrogens is 275 g/mol. The third-order valence-corrected chi connectivity index (χ3v) is 2.83. The number of alkyl halides is 3. The van der Waals surface area contributed by atoms with Gasteiger partial charge in [0.2, 0.25) is 5.91 Å². The summed E-state index contributed by atoms with van der Waals surface area (Å²) >= 11 is 0. The summed E-state index contributed by atoms with van der Waals surface area (Å²) in [5, 5.41) is 0. The molecule has 1 atom stereocenters. The van der Waals surface area contributed by atoms with E-state index in [1.54, 1.807) is 6.08 Å². The van der Waals surface area contributed by atoms with E-state index in [2.05, 4.69) is 11.3 Å². The van der Waals surface area contributed by atoms with Crippen molar-refractivity contribution in [3.05, 3.63) is 12.7 Å². The maximum Gasteiger partial charge on any atom is 0.389 e. The fourth-order valence-electron chi connectivity index (χ4n) is 1.67. The van der Waals surface area contributed by atoms with E-state index in [9.17, 15) is 22.8 Å². The number of carbonyl (C=O) groups excluding carboxylic acids is 2. The topological polar surface area (TPSA) is 46.6 Å². The van der Waals surface area contributed by atoms with Crippen molar-refractivity contribution in [1.82, 2.24) is 4.90 Å². The normalized spacial score (nSPS) is 12.7. The zero-order valence-corrected chi connectivity index (χ0v) is 11.7. The Bertz CT molecular complexity index is 342. The summed E-state index contributed by atoms with van der Waals surface area (Å²) in [6, 6.07) is -0.795. The number of carbonyl (C=O) groups is 2. The molecule has 0 radical (unpaired) electrons. The van der Waals surface area contributed by atoms with E-state index in [0.29, 0.717) is 12.8 Å². The van der Waals surface area contributed by atoms with Crippen LogP contribution in [0.4, 0.5) is 13.2 Å². The van der Waals surface area contributed by atoms with Crippen molar-refractivity contribution in [2.24, 2.45) is 0 Å². The third kappa shape index (κ3) is 7.16. The van der Waals surface area contributed by atoms with Gasteiger partial charge in [0.25, 0.3) is 0 Å². The molecule has 4 nitrogen and oxygen atoms in total. The van der Waals surface area contributed by atoms with Gasteiger partial charge in [-0.25, -0.2) is 4.79 Å². The highest BCUT2D eigenvalue weighted by Crippen LogP contribution is 2.22. The number of allylic oxidation sites excluding steroid dienone is 1. The van der Waals surface area contributed by atoms with Gasteiger partial charge in [0, 0.05) is 19.9 Å². The van der Waals surface area contributed by atoms with Gasteiger partial charge in [0.1, 0.15) is 6.04 Å². The van der Waals surface area contributed by atoms with Crippen molar-refractivity contribution >= 4 is 11.9 Å². The van der Waals surface area contributed by atoms with E-state index < -0.39 is 30.5 Å². The Morgan fingerprint density at radius 3 is 2.45 bits per heavy atom. The Morgan fingerprint density at radius 1 is 1.40 bits per heavy atom. The molecular formula is C13H20F3NO3. The Hall–Kier alpha value is -1.53. The second-order valence-corrected chi connectivity index (χ2v) is 4.38. The van der Waals surface area contributed by atoms with Crippen LogP contribution in [-0.4, -0.2) is 43.2 Å². The summed E-state index contributed by atoms with van der Waals surface area (Å²) in [5.74, 6) is -1.09. The van der Waals surface area contributed by atoms with Gasteiger partial charge >= 0.3 is 12.1 Å². The first kappa shape index (κ1) is 18.5. The molecule has 0 N–H and O–H groups in total. The van der Waals surface area contributed by atoms with E-state index in [0.717, 1.165) is 4.90 Å². The van der Waals surface area contributed by atoms with Gasteiger partial charge in [0.05, 0.1) is 7.11 Å². The average molecular weight is 295 g/mol. The van der Waals surface area contributed by atoms with Gasteiger partial charge in [0.15, 0.2) is 0 Å². The van der Waals surface area contributed by atoms with E-state index in [1.165, 1.54) is 14.2 Å². The van der Waals surface area contributed by atoms with Gasteiger partial charge in [-0.3, -0.25) is 4.79 Å². The largest absolute Gasteiger partial charge is 0.467 e. The second-order valence-electron chi connectivity index (χ2n) is 4.38. The van der Waals surface area contributed by atoms with E-state index in [1.807, 2.05) is 0 Å². The van der Waals surface area contributed by atoms with Crippen molar-refractivity contribution in [3.8, 4) is 0 Å². The number of hydrogen-bond donors (Lipinski definition) is 0. The van der Waals surface area contributed by atoms with E-state index in [4.69, 9.17) is 0 Å². The van der Waals surface area contributed by atoms with Crippen LogP contribution in [0, 0.1) is 0 Å². The maximum absolute atomic E-state index is 12.0. The minimum Gasteiger partial charge on any atom is -0.467 e. The quantitative estimate of drug-likeness (QED) is 0.511. The number of likely N-dealkylation sites (N-methyl/N-ethyl adjacent to an activating group) is 1. The summed E-state index contributed by atoms with van der Waals surface area (Å²) in [6.07, 6.45) is -3.40. The first-order valence-electron chi connectivity index (χ1n) is 6.24. The highest BCUT2D eigenvalue weighted by molar-refractivity contribution is 5.84. The number of esters is 1. The lowest BCUT2D eigenvalue weighted by Crippen LogP contribution is -2.43. The molecule has 0 fully saturated rings. The zero-order valence-electron chi connectivity index (χ0n) is 11.7. The van der Waals surface area contributed by atoms with Crippen LogP contribution in [0.2, 0.25) is 0 Å². The Kier molecular flexibility index (Phi) is 7.94. The minimum absolute atomic E-state index is 0.252. The molecule has 0 aliphatic rings. The van der Waals surface area contributed by atoms with Gasteiger partial charge in [-0.05, 0) is 19.3 Å². The van der Waals surface area contributed by atoms with Crippen LogP contribution in [0.5, 0.6) is 0 Å². The molecule has 0 aromatic heterocycles. The van der Waals surface area contributed by atoms with Crippen LogP contribution in [0.1, 0.15) is 32.1 Å². The van der Waals surface area contributed by atoms with Crippen LogP contribution < -0.4 is 0 Å². The lowest BCUT2D eigenvalue weighted by molar-refractivity contribution is -0.153. The lowest BCUT2D eigenvalue weighted by Gasteiger charge is -2.26. The standard InChI is InChI=1S/C13H20F3NO3/c1-4-5-7-10(12(19)20-3)17(2)11(18)8-6-9-13(14,15)16/h4,10H,1,5-9H2,2-3H3/t10-/m0/s1. The smallest absolute Gasteiger partial charge is 0.389 e. The first-order chi connectivity index (χ1) is 9.22. The SMILES string of the molecule is C=CCC[C@@H](C(=O)OC)N(C)C(=O)CCCC(F)(F)F. The van der Waals surface area contributed by atoms with Crippen LogP contribution in [0.15, 0.2) is 12.7 Å². The molecule has 0 rings (SSSR count). The number of nitrogens with zero attached hydrogens (tertiary/aromatic N) is 1. The first-order valence-corrected chi connectivity index (χ1v) is 6.24. The molecule has 0 aliphatic carbocycles. The zero-order chi connectivity index (χ0) is 15.8. The molecule has 0 unspecified atom stereocenters. The van der Waals surface area contributed by atoms with Crippen molar-refractivity contribution in [2.75, 3.05) is 14.2 Å². The predicted molar refractivity (Wildman–Crippen MR) is 67.9 cm³/mol. The molecule has 20 heavy (non-hydrogen) atoms. The molecule has 116 valence electrons. The third-order valence-electron chi connectivity index (χ3n) is 2.83. The Balaban J connectivity index is 4.47. The van der Waals surface area contributed by atoms with Crippen molar-refractivity contribution in [1.29, 1.82) is 0 Å². The maximum atomic E-state index is 12.0. The summed E-state index contributed by atoms with van der Waals surface area (Å²) in [7, 11) is 2.59. The fourth-order valence-corrected chi connectivity index (χ4v) is 1.67. The molecule has 0 saturated carbocycles. The van der Waals surface area contributed by atoms with Crippen molar-refractivity contribution in [2.45, 2.75) is 44.3 Å². The average Bonchev–Trinajstić information content (AvgIpc) is 2.36. The number of hydrogen-bond acceptors (Lipinski definition) is 3. The molecule has 0 heterocycles. The Morgan fingerprint density at radius 2 is 2.00 bits per heavy atom. The summed E-state index contributed by atoms with van der Waals surface area (Å²) in [6.45, 7) is 3.52. The van der Waals surface area contributed by atoms with Crippen molar-refractivity contribution in [3.63, 3.8) is 0 Å². The number of methoxy groups -OCH3 is 1. The van der Waals surface area contributed by atoms with Crippen LogP contribution in [0.3, 0.4) is 0 Å². The molecule has 0 aliphatic heterocycles. The second kappa shape index (κ2) is 8.60. The predicted octanol–water partition coefficient (Wildman–Crippen LogP) is 2.69. The number of rotatable bonds is 8. The number of halogens is 3. The number of ether oxygens (including phenoxy) is 1. The lowest BCUT2D eigenvalue weighted by atomic mass is 10.1. The molecule has 0 aromatic rings. The molecule has 1 amide bonds. The van der Waals surface area contributed by atoms with E-state index >= 15 is 0 Å². The molecule has 0 bridgehead atoms. The monoisotopic (exact) mass is 295 g/mol. The van der Waals surface area contributed by atoms with E-state index in [-0.39, 0.29) is 12.8 Å². The number of amides is 1. The summed E-state index contributed by atoms with van der Waals surface area (Å²) < 4.78 is 40.6. The van der Waals surface area contributed by atoms with Gasteiger partial charge < -0.3 is 9.64 Å². The Labute approximate surface area is 116 Å². The van der Waals surface area contributed by atoms with Crippen molar-refractivity contribution < 1.29 is 27.5 Å². The fraction of sp³-hybridized carbons (Fsp3) is 0.692. The highest BCUT2D eigenvalue weighted by atomic mass is 19.4. The van der Waals surface area contributed by atoms with Crippen LogP contribution in [-0.2, 0) is 14.3 Å². The minimum atomic E-state index is -4.27. The summed E-state index contributed by atoms with van der Waals surface area (Å²) in [4.78, 5) is 24.5. The molecule has 0 aromatic carbocycles.